The number of benzene rings is 1. The van der Waals surface area contributed by atoms with Gasteiger partial charge in [-0.15, -0.1) is 0 Å². The second-order valence-electron chi connectivity index (χ2n) is 3.38. The molecule has 0 aliphatic heterocycles. The summed E-state index contributed by atoms with van der Waals surface area (Å²) in [6, 6.07) is 5.68. The lowest BCUT2D eigenvalue weighted by atomic mass is 10.2. The second kappa shape index (κ2) is 6.28. The molecule has 0 fully saturated rings. The van der Waals surface area contributed by atoms with Gasteiger partial charge in [-0.05, 0) is 24.6 Å². The van der Waals surface area contributed by atoms with Gasteiger partial charge in [0.2, 0.25) is 0 Å². The van der Waals surface area contributed by atoms with E-state index >= 15 is 0 Å². The number of hydrogen-bond acceptors (Lipinski definition) is 3. The molecule has 0 saturated carbocycles. The summed E-state index contributed by atoms with van der Waals surface area (Å²) in [4.78, 5) is 0. The van der Waals surface area contributed by atoms with Gasteiger partial charge in [0.15, 0.2) is 11.5 Å². The fourth-order valence-electron chi connectivity index (χ4n) is 1.23. The fraction of sp³-hybridized carbons (Fsp3) is 0.333. The van der Waals surface area contributed by atoms with Crippen molar-refractivity contribution in [3.8, 4) is 11.5 Å². The van der Waals surface area contributed by atoms with Crippen molar-refractivity contribution >= 4 is 17.3 Å². The van der Waals surface area contributed by atoms with E-state index in [9.17, 15) is 0 Å². The minimum absolute atomic E-state index is 0.707. The minimum atomic E-state index is 0.707. The van der Waals surface area contributed by atoms with Crippen molar-refractivity contribution in [3.05, 3.63) is 29.3 Å². The van der Waals surface area contributed by atoms with Crippen molar-refractivity contribution in [2.45, 2.75) is 6.92 Å². The van der Waals surface area contributed by atoms with Crippen LogP contribution in [-0.4, -0.2) is 20.8 Å². The largest absolute Gasteiger partial charge is 0.493 e. The molecule has 4 heteroatoms. The summed E-state index contributed by atoms with van der Waals surface area (Å²) in [7, 11) is 3.23. The van der Waals surface area contributed by atoms with Gasteiger partial charge in [-0.3, -0.25) is 0 Å². The van der Waals surface area contributed by atoms with Crippen LogP contribution in [0.25, 0.3) is 0 Å². The molecule has 0 aliphatic rings. The number of methoxy groups -OCH3 is 2. The third kappa shape index (κ3) is 3.35. The summed E-state index contributed by atoms with van der Waals surface area (Å²) in [5.41, 5.74) is 3.60. The quantitative estimate of drug-likeness (QED) is 0.858. The molecule has 0 aromatic heterocycles. The van der Waals surface area contributed by atoms with Gasteiger partial charge < -0.3 is 14.8 Å². The molecule has 1 N–H and O–H groups in total. The molecule has 0 saturated heterocycles. The molecule has 1 aromatic carbocycles. The van der Waals surface area contributed by atoms with Gasteiger partial charge >= 0.3 is 0 Å². The summed E-state index contributed by atoms with van der Waals surface area (Å²) in [6.07, 6.45) is 0. The van der Waals surface area contributed by atoms with Gasteiger partial charge in [-0.1, -0.05) is 11.6 Å². The molecule has 0 bridgehead atoms. The summed E-state index contributed by atoms with van der Waals surface area (Å²) in [5.74, 6) is 1.43. The predicted octanol–water partition coefficient (Wildman–Crippen LogP) is 3.26. The zero-order chi connectivity index (χ0) is 12.0. The summed E-state index contributed by atoms with van der Waals surface area (Å²) in [5, 5.41) is 3.23. The smallest absolute Gasteiger partial charge is 0.162 e. The standard InChI is InChI=1S/C12H16ClNO2/c1-9(7-13)8-14-10-4-5-11(15-2)12(6-10)16-3/h4-7,14H,8H2,1-3H3/b9-7+. The SMILES string of the molecule is COc1ccc(NC/C(C)=C/Cl)cc1OC. The lowest BCUT2D eigenvalue weighted by Crippen LogP contribution is -2.02. The van der Waals surface area contributed by atoms with E-state index in [1.165, 1.54) is 0 Å². The zero-order valence-corrected chi connectivity index (χ0v) is 10.5. The number of hydrogen-bond donors (Lipinski definition) is 1. The number of halogens is 1. The average Bonchev–Trinajstić information content (AvgIpc) is 2.35. The normalized spacial score (nSPS) is 11.1. The van der Waals surface area contributed by atoms with Crippen LogP contribution in [0.3, 0.4) is 0 Å². The van der Waals surface area contributed by atoms with E-state index < -0.39 is 0 Å². The van der Waals surface area contributed by atoms with Gasteiger partial charge in [0.05, 0.1) is 14.2 Å². The average molecular weight is 242 g/mol. The van der Waals surface area contributed by atoms with E-state index in [1.807, 2.05) is 25.1 Å². The van der Waals surface area contributed by atoms with Crippen LogP contribution in [0, 0.1) is 0 Å². The number of nitrogens with one attached hydrogen (secondary N) is 1. The molecular weight excluding hydrogens is 226 g/mol. The van der Waals surface area contributed by atoms with E-state index in [1.54, 1.807) is 19.8 Å². The number of ether oxygens (including phenoxy) is 2. The first-order valence-electron chi connectivity index (χ1n) is 4.93. The van der Waals surface area contributed by atoms with Crippen molar-refractivity contribution in [2.75, 3.05) is 26.1 Å². The van der Waals surface area contributed by atoms with E-state index in [2.05, 4.69) is 5.32 Å². The van der Waals surface area contributed by atoms with Crippen LogP contribution in [0.5, 0.6) is 11.5 Å². The second-order valence-corrected chi connectivity index (χ2v) is 3.60. The van der Waals surface area contributed by atoms with Crippen LogP contribution in [0.1, 0.15) is 6.92 Å². The highest BCUT2D eigenvalue weighted by Crippen LogP contribution is 2.29. The first-order valence-corrected chi connectivity index (χ1v) is 5.36. The summed E-state index contributed by atoms with van der Waals surface area (Å²) < 4.78 is 10.4. The predicted molar refractivity (Wildman–Crippen MR) is 67.6 cm³/mol. The van der Waals surface area contributed by atoms with Gasteiger partial charge in [0, 0.05) is 23.8 Å². The lowest BCUT2D eigenvalue weighted by molar-refractivity contribution is 0.355. The Kier molecular flexibility index (Phi) is 4.99. The Morgan fingerprint density at radius 1 is 1.31 bits per heavy atom. The first-order chi connectivity index (χ1) is 7.71. The van der Waals surface area contributed by atoms with E-state index in [0.29, 0.717) is 12.3 Å². The molecule has 16 heavy (non-hydrogen) atoms. The molecule has 0 amide bonds. The van der Waals surface area contributed by atoms with Gasteiger partial charge in [-0.2, -0.15) is 0 Å². The topological polar surface area (TPSA) is 30.5 Å². The minimum Gasteiger partial charge on any atom is -0.493 e. The summed E-state index contributed by atoms with van der Waals surface area (Å²) >= 11 is 5.58. The fourth-order valence-corrected chi connectivity index (χ4v) is 1.30. The molecular formula is C12H16ClNO2. The van der Waals surface area contributed by atoms with Crippen LogP contribution in [0.4, 0.5) is 5.69 Å². The number of anilines is 1. The van der Waals surface area contributed by atoms with Gasteiger partial charge in [0.25, 0.3) is 0 Å². The molecule has 3 nitrogen and oxygen atoms in total. The number of rotatable bonds is 5. The van der Waals surface area contributed by atoms with E-state index in [-0.39, 0.29) is 0 Å². The highest BCUT2D eigenvalue weighted by atomic mass is 35.5. The van der Waals surface area contributed by atoms with Crippen LogP contribution >= 0.6 is 11.6 Å². The first kappa shape index (κ1) is 12.7. The van der Waals surface area contributed by atoms with Crippen molar-refractivity contribution < 1.29 is 9.47 Å². The molecule has 0 heterocycles. The Bertz CT molecular complexity index is 377. The third-order valence-corrected chi connectivity index (χ3v) is 2.51. The van der Waals surface area contributed by atoms with E-state index in [4.69, 9.17) is 21.1 Å². The van der Waals surface area contributed by atoms with Crippen LogP contribution < -0.4 is 14.8 Å². The van der Waals surface area contributed by atoms with Gasteiger partial charge in [-0.25, -0.2) is 0 Å². The molecule has 0 radical (unpaired) electrons. The Hall–Kier alpha value is -1.35. The molecule has 0 aliphatic carbocycles. The highest BCUT2D eigenvalue weighted by molar-refractivity contribution is 6.25. The Labute approximate surface area is 101 Å². The van der Waals surface area contributed by atoms with Gasteiger partial charge in [0.1, 0.15) is 0 Å². The molecule has 0 unspecified atom stereocenters. The molecule has 1 aromatic rings. The maximum absolute atomic E-state index is 5.58. The van der Waals surface area contributed by atoms with Crippen LogP contribution in [0.15, 0.2) is 29.3 Å². The van der Waals surface area contributed by atoms with Crippen LogP contribution in [0.2, 0.25) is 0 Å². The van der Waals surface area contributed by atoms with Crippen LogP contribution in [-0.2, 0) is 0 Å². The Balaban J connectivity index is 2.75. The summed E-state index contributed by atoms with van der Waals surface area (Å²) in [6.45, 7) is 2.67. The van der Waals surface area contributed by atoms with Crippen molar-refractivity contribution in [1.82, 2.24) is 0 Å². The Morgan fingerprint density at radius 2 is 2.00 bits per heavy atom. The molecule has 88 valence electrons. The highest BCUT2D eigenvalue weighted by Gasteiger charge is 2.03. The zero-order valence-electron chi connectivity index (χ0n) is 9.71. The molecule has 0 spiro atoms. The van der Waals surface area contributed by atoms with E-state index in [0.717, 1.165) is 17.0 Å². The maximum atomic E-state index is 5.58. The monoisotopic (exact) mass is 241 g/mol. The van der Waals surface area contributed by atoms with Crippen molar-refractivity contribution in [1.29, 1.82) is 0 Å². The lowest BCUT2D eigenvalue weighted by Gasteiger charge is -2.11. The van der Waals surface area contributed by atoms with Crippen molar-refractivity contribution in [2.24, 2.45) is 0 Å². The maximum Gasteiger partial charge on any atom is 0.162 e. The van der Waals surface area contributed by atoms with Crippen molar-refractivity contribution in [3.63, 3.8) is 0 Å². The third-order valence-electron chi connectivity index (χ3n) is 2.14. The Morgan fingerprint density at radius 3 is 2.56 bits per heavy atom. The molecule has 1 rings (SSSR count). The molecule has 0 atom stereocenters.